The summed E-state index contributed by atoms with van der Waals surface area (Å²) in [5.41, 5.74) is 2.99. The molecular weight excluding hydrogens is 528 g/mol. The number of thiazole rings is 1. The van der Waals surface area contributed by atoms with Gasteiger partial charge in [-0.2, -0.15) is 0 Å². The number of ether oxygens (including phenoxy) is 2. The first-order valence-electron chi connectivity index (χ1n) is 12.7. The molecule has 0 saturated carbocycles. The predicted molar refractivity (Wildman–Crippen MR) is 155 cm³/mol. The van der Waals surface area contributed by atoms with Crippen molar-refractivity contribution in [1.82, 2.24) is 4.98 Å². The van der Waals surface area contributed by atoms with Gasteiger partial charge < -0.3 is 14.6 Å². The van der Waals surface area contributed by atoms with Crippen molar-refractivity contribution in [2.45, 2.75) is 46.1 Å². The molecule has 0 spiro atoms. The van der Waals surface area contributed by atoms with Crippen molar-refractivity contribution in [3.63, 3.8) is 0 Å². The van der Waals surface area contributed by atoms with E-state index in [-0.39, 0.29) is 33.4 Å². The van der Waals surface area contributed by atoms with Crippen LogP contribution in [0.25, 0.3) is 5.76 Å². The lowest BCUT2D eigenvalue weighted by molar-refractivity contribution is -0.132. The number of carbonyl (C=O) groups excluding carboxylic acids is 3. The van der Waals surface area contributed by atoms with E-state index in [1.165, 1.54) is 11.0 Å². The van der Waals surface area contributed by atoms with Gasteiger partial charge in [-0.15, -0.1) is 0 Å². The number of carbonyl (C=O) groups is 3. The van der Waals surface area contributed by atoms with E-state index in [1.807, 2.05) is 31.2 Å². The Hall–Kier alpha value is -4.24. The highest BCUT2D eigenvalue weighted by molar-refractivity contribution is 7.17. The highest BCUT2D eigenvalue weighted by Crippen LogP contribution is 2.44. The highest BCUT2D eigenvalue weighted by Gasteiger charge is 2.48. The topological polar surface area (TPSA) is 106 Å². The Morgan fingerprint density at radius 1 is 1.15 bits per heavy atom. The maximum Gasteiger partial charge on any atom is 0.350 e. The summed E-state index contributed by atoms with van der Waals surface area (Å²) in [7, 11) is 1.55. The van der Waals surface area contributed by atoms with Gasteiger partial charge in [-0.25, -0.2) is 9.78 Å². The van der Waals surface area contributed by atoms with Crippen LogP contribution in [0.4, 0.5) is 5.13 Å². The normalized spacial score (nSPS) is 16.8. The summed E-state index contributed by atoms with van der Waals surface area (Å²) in [5, 5.41) is 11.6. The van der Waals surface area contributed by atoms with Crippen LogP contribution in [-0.4, -0.2) is 41.5 Å². The van der Waals surface area contributed by atoms with Crippen LogP contribution in [0.15, 0.2) is 60.7 Å². The molecule has 2 aromatic carbocycles. The molecule has 1 N–H and O–H groups in total. The molecule has 208 valence electrons. The number of aromatic nitrogens is 1. The lowest BCUT2D eigenvalue weighted by Gasteiger charge is -2.25. The van der Waals surface area contributed by atoms with Gasteiger partial charge in [-0.1, -0.05) is 69.0 Å². The molecule has 1 fully saturated rings. The summed E-state index contributed by atoms with van der Waals surface area (Å²) in [6.07, 6.45) is 1.45. The van der Waals surface area contributed by atoms with Gasteiger partial charge in [-0.3, -0.25) is 14.5 Å². The fourth-order valence-corrected chi connectivity index (χ4v) is 5.55. The van der Waals surface area contributed by atoms with E-state index < -0.39 is 23.7 Å². The molecule has 1 atom stereocenters. The maximum absolute atomic E-state index is 13.5. The molecule has 0 aliphatic carbocycles. The number of ketones is 1. The minimum atomic E-state index is -0.973. The van der Waals surface area contributed by atoms with E-state index in [0.717, 1.165) is 22.5 Å². The number of esters is 1. The number of hydrogen-bond acceptors (Lipinski definition) is 8. The Labute approximate surface area is 237 Å². The quantitative estimate of drug-likeness (QED) is 0.124. The molecule has 0 bridgehead atoms. The summed E-state index contributed by atoms with van der Waals surface area (Å²) >= 11 is 0.956. The molecule has 1 amide bonds. The van der Waals surface area contributed by atoms with Crippen molar-refractivity contribution in [1.29, 1.82) is 0 Å². The number of Topliss-reactive ketones (excluding diaryl/α,β-unsaturated/α-hetero) is 1. The number of aliphatic hydroxyl groups excluding tert-OH is 1. The smallest absolute Gasteiger partial charge is 0.350 e. The molecule has 0 radical (unpaired) electrons. The average Bonchev–Trinajstić information content (AvgIpc) is 3.42. The van der Waals surface area contributed by atoms with Crippen LogP contribution in [-0.2, 0) is 19.7 Å². The number of hydrogen-bond donors (Lipinski definition) is 1. The minimum absolute atomic E-state index is 0.0252. The molecule has 0 unspecified atom stereocenters. The Kier molecular flexibility index (Phi) is 7.98. The van der Waals surface area contributed by atoms with Gasteiger partial charge in [0, 0.05) is 5.56 Å². The molecule has 2 heterocycles. The highest BCUT2D eigenvalue weighted by atomic mass is 32.1. The number of amides is 1. The van der Waals surface area contributed by atoms with Gasteiger partial charge in [0.25, 0.3) is 5.78 Å². The lowest BCUT2D eigenvalue weighted by atomic mass is 9.85. The minimum Gasteiger partial charge on any atom is -0.507 e. The SMILES string of the molecule is C=CCOC(=O)c1sc(N2C(=O)C(=O)/C(=C(/O)c3ccc(OC)c(C)c3)[C@@H]2c2ccc(C(C)(C)C)cc2)nc1C. The standard InChI is InChI=1S/C31H32N2O6S/c1-8-15-39-29(37)27-18(3)32-30(40-27)33-24(19-9-12-21(13-10-19)31(4,5)6)23(26(35)28(33)36)25(34)20-11-14-22(38-7)17(2)16-20/h8-14,16,24,34H,1,15H2,2-7H3/b25-23+/t24-/m0/s1. The van der Waals surface area contributed by atoms with E-state index in [2.05, 4.69) is 32.3 Å². The van der Waals surface area contributed by atoms with Gasteiger partial charge in [0.1, 0.15) is 23.0 Å². The summed E-state index contributed by atoms with van der Waals surface area (Å²) < 4.78 is 10.5. The first-order valence-corrected chi connectivity index (χ1v) is 13.5. The first kappa shape index (κ1) is 28.8. The molecule has 1 aliphatic rings. The average molecular weight is 561 g/mol. The van der Waals surface area contributed by atoms with Gasteiger partial charge in [-0.05, 0) is 54.2 Å². The predicted octanol–water partition coefficient (Wildman–Crippen LogP) is 6.04. The molecule has 1 aliphatic heterocycles. The first-order chi connectivity index (χ1) is 18.9. The van der Waals surface area contributed by atoms with Crippen molar-refractivity contribution < 1.29 is 29.0 Å². The summed E-state index contributed by atoms with van der Waals surface area (Å²) in [6, 6.07) is 11.6. The van der Waals surface area contributed by atoms with Crippen molar-refractivity contribution in [2.75, 3.05) is 18.6 Å². The van der Waals surface area contributed by atoms with E-state index in [9.17, 15) is 19.5 Å². The molecule has 4 rings (SSSR count). The van der Waals surface area contributed by atoms with Gasteiger partial charge >= 0.3 is 11.9 Å². The van der Waals surface area contributed by atoms with Crippen LogP contribution in [0.1, 0.15) is 64.4 Å². The fourth-order valence-electron chi connectivity index (χ4n) is 4.57. The van der Waals surface area contributed by atoms with Crippen molar-refractivity contribution in [2.24, 2.45) is 0 Å². The molecular formula is C31H32N2O6S. The number of methoxy groups -OCH3 is 1. The number of benzene rings is 2. The summed E-state index contributed by atoms with van der Waals surface area (Å²) in [5.74, 6) is -1.98. The van der Waals surface area contributed by atoms with Crippen LogP contribution in [0.5, 0.6) is 5.75 Å². The summed E-state index contributed by atoms with van der Waals surface area (Å²) in [4.78, 5) is 45.6. The van der Waals surface area contributed by atoms with Crippen molar-refractivity contribution in [3.05, 3.63) is 93.5 Å². The third-order valence-corrected chi connectivity index (χ3v) is 7.85. The van der Waals surface area contributed by atoms with E-state index in [4.69, 9.17) is 9.47 Å². The van der Waals surface area contributed by atoms with E-state index in [0.29, 0.717) is 22.6 Å². The Morgan fingerprint density at radius 3 is 2.40 bits per heavy atom. The molecule has 40 heavy (non-hydrogen) atoms. The number of anilines is 1. The number of aliphatic hydroxyl groups is 1. The largest absolute Gasteiger partial charge is 0.507 e. The molecule has 8 nitrogen and oxygen atoms in total. The van der Waals surface area contributed by atoms with Gasteiger partial charge in [0.2, 0.25) is 0 Å². The monoisotopic (exact) mass is 560 g/mol. The zero-order valence-corrected chi connectivity index (χ0v) is 24.2. The second kappa shape index (κ2) is 11.1. The van der Waals surface area contributed by atoms with E-state index >= 15 is 0 Å². The second-order valence-electron chi connectivity index (χ2n) is 10.5. The van der Waals surface area contributed by atoms with Crippen LogP contribution < -0.4 is 9.64 Å². The number of aryl methyl sites for hydroxylation is 2. The van der Waals surface area contributed by atoms with Gasteiger partial charge in [0.15, 0.2) is 5.13 Å². The number of nitrogens with zero attached hydrogens (tertiary/aromatic N) is 2. The lowest BCUT2D eigenvalue weighted by Crippen LogP contribution is -2.29. The zero-order valence-electron chi connectivity index (χ0n) is 23.4. The van der Waals surface area contributed by atoms with Crippen LogP contribution >= 0.6 is 11.3 Å². The molecule has 9 heteroatoms. The Bertz CT molecular complexity index is 1530. The van der Waals surface area contributed by atoms with Crippen LogP contribution in [0.2, 0.25) is 0 Å². The zero-order chi connectivity index (χ0) is 29.4. The fraction of sp³-hybridized carbons (Fsp3) is 0.290. The van der Waals surface area contributed by atoms with Crippen molar-refractivity contribution in [3.8, 4) is 5.75 Å². The van der Waals surface area contributed by atoms with Gasteiger partial charge in [0.05, 0.1) is 24.4 Å². The Balaban J connectivity index is 1.90. The van der Waals surface area contributed by atoms with Crippen molar-refractivity contribution >= 4 is 39.9 Å². The maximum atomic E-state index is 13.5. The Morgan fingerprint density at radius 2 is 1.82 bits per heavy atom. The third kappa shape index (κ3) is 5.29. The molecule has 3 aromatic rings. The summed E-state index contributed by atoms with van der Waals surface area (Å²) in [6.45, 7) is 13.3. The second-order valence-corrected chi connectivity index (χ2v) is 11.5. The van der Waals surface area contributed by atoms with E-state index in [1.54, 1.807) is 32.2 Å². The number of rotatable bonds is 7. The molecule has 1 saturated heterocycles. The van der Waals surface area contributed by atoms with Crippen LogP contribution in [0, 0.1) is 13.8 Å². The third-order valence-electron chi connectivity index (χ3n) is 6.71. The van der Waals surface area contributed by atoms with Crippen LogP contribution in [0.3, 0.4) is 0 Å². The molecule has 1 aromatic heterocycles.